The zero-order valence-electron chi connectivity index (χ0n) is 10.3. The molecule has 0 aliphatic heterocycles. The Kier molecular flexibility index (Phi) is 4.22. The minimum atomic E-state index is -0.529. The van der Waals surface area contributed by atoms with Crippen molar-refractivity contribution >= 4 is 12.0 Å². The lowest BCUT2D eigenvalue weighted by atomic mass is 10.2. The number of benzene rings is 1. The second-order valence-electron chi connectivity index (χ2n) is 3.55. The fourth-order valence-corrected chi connectivity index (χ4v) is 1.39. The average Bonchev–Trinajstić information content (AvgIpc) is 2.40. The summed E-state index contributed by atoms with van der Waals surface area (Å²) in [6, 6.07) is 7.49. The van der Waals surface area contributed by atoms with Crippen LogP contribution in [-0.4, -0.2) is 28.0 Å². The summed E-state index contributed by atoms with van der Waals surface area (Å²) >= 11 is 0. The molecule has 0 radical (unpaired) electrons. The Balaban J connectivity index is 2.02. The normalized spacial score (nSPS) is 10.6. The van der Waals surface area contributed by atoms with E-state index in [4.69, 9.17) is 4.74 Å². The molecule has 0 aliphatic rings. The van der Waals surface area contributed by atoms with Gasteiger partial charge < -0.3 is 4.74 Å². The molecule has 2 N–H and O–H groups in total. The van der Waals surface area contributed by atoms with Crippen molar-refractivity contribution in [1.29, 1.82) is 0 Å². The van der Waals surface area contributed by atoms with Crippen LogP contribution < -0.4 is 15.9 Å². The van der Waals surface area contributed by atoms with Crippen LogP contribution in [0.3, 0.4) is 0 Å². The van der Waals surface area contributed by atoms with Crippen LogP contribution in [0.15, 0.2) is 40.4 Å². The predicted molar refractivity (Wildman–Crippen MR) is 71.5 cm³/mol. The Hall–Kier alpha value is -2.70. The van der Waals surface area contributed by atoms with Crippen LogP contribution in [0.25, 0.3) is 0 Å². The summed E-state index contributed by atoms with van der Waals surface area (Å²) in [4.78, 5) is 14.5. The van der Waals surface area contributed by atoms with Crippen molar-refractivity contribution in [2.45, 2.75) is 6.92 Å². The van der Waals surface area contributed by atoms with Crippen LogP contribution >= 0.6 is 0 Å². The Morgan fingerprint density at radius 1 is 1.53 bits per heavy atom. The number of hydrogen-bond acceptors (Lipinski definition) is 6. The monoisotopic (exact) mass is 259 g/mol. The van der Waals surface area contributed by atoms with Crippen LogP contribution in [0, 0.1) is 0 Å². The molecule has 2 aromatic rings. The number of hydrazone groups is 1. The predicted octanol–water partition coefficient (Wildman–Crippen LogP) is 1.01. The molecule has 1 aromatic heterocycles. The molecule has 0 bridgehead atoms. The van der Waals surface area contributed by atoms with Gasteiger partial charge in [-0.1, -0.05) is 12.1 Å². The van der Waals surface area contributed by atoms with E-state index in [9.17, 15) is 4.79 Å². The summed E-state index contributed by atoms with van der Waals surface area (Å²) in [5, 5.41) is 9.74. The van der Waals surface area contributed by atoms with Crippen molar-refractivity contribution in [1.82, 2.24) is 15.2 Å². The zero-order valence-corrected chi connectivity index (χ0v) is 10.3. The third-order valence-corrected chi connectivity index (χ3v) is 2.13. The second-order valence-corrected chi connectivity index (χ2v) is 3.55. The topological polar surface area (TPSA) is 92.3 Å². The lowest BCUT2D eigenvalue weighted by Crippen LogP contribution is -2.13. The molecule has 0 atom stereocenters. The maximum atomic E-state index is 10.9. The van der Waals surface area contributed by atoms with Crippen LogP contribution in [0.5, 0.6) is 5.75 Å². The summed E-state index contributed by atoms with van der Waals surface area (Å²) in [5.41, 5.74) is 2.96. The Morgan fingerprint density at radius 2 is 2.42 bits per heavy atom. The summed E-state index contributed by atoms with van der Waals surface area (Å²) in [5.74, 6) is 1.06. The first-order valence-electron chi connectivity index (χ1n) is 5.71. The molecular weight excluding hydrogens is 246 g/mol. The highest BCUT2D eigenvalue weighted by atomic mass is 16.5. The molecule has 19 heavy (non-hydrogen) atoms. The molecule has 0 unspecified atom stereocenters. The third kappa shape index (κ3) is 3.91. The van der Waals surface area contributed by atoms with Gasteiger partial charge in [-0.2, -0.15) is 15.2 Å². The van der Waals surface area contributed by atoms with Gasteiger partial charge in [0.2, 0.25) is 0 Å². The molecule has 1 aromatic carbocycles. The van der Waals surface area contributed by atoms with Crippen molar-refractivity contribution < 1.29 is 4.74 Å². The summed E-state index contributed by atoms with van der Waals surface area (Å²) in [7, 11) is 0. The van der Waals surface area contributed by atoms with E-state index in [0.717, 1.165) is 11.3 Å². The first-order chi connectivity index (χ1) is 9.28. The molecule has 0 spiro atoms. The number of ether oxygens (including phenoxy) is 1. The lowest BCUT2D eigenvalue weighted by Gasteiger charge is -2.02. The van der Waals surface area contributed by atoms with Gasteiger partial charge >= 0.3 is 5.69 Å². The zero-order chi connectivity index (χ0) is 13.5. The van der Waals surface area contributed by atoms with Gasteiger partial charge in [0.25, 0.3) is 0 Å². The third-order valence-electron chi connectivity index (χ3n) is 2.13. The van der Waals surface area contributed by atoms with Gasteiger partial charge in [-0.25, -0.2) is 9.89 Å². The number of nitrogens with one attached hydrogen (secondary N) is 2. The van der Waals surface area contributed by atoms with E-state index in [1.807, 2.05) is 31.2 Å². The quantitative estimate of drug-likeness (QED) is 0.617. The molecule has 0 fully saturated rings. The van der Waals surface area contributed by atoms with Gasteiger partial charge in [-0.05, 0) is 24.6 Å². The Morgan fingerprint density at radius 3 is 3.21 bits per heavy atom. The van der Waals surface area contributed by atoms with Crippen LogP contribution in [0.4, 0.5) is 5.82 Å². The number of anilines is 1. The standard InChI is InChI=1S/C12H13N5O2/c1-2-19-10-5-3-4-9(6-10)7-13-16-11-8-14-17-12(18)15-11/h3-8H,2H2,1H3,(H2,15,16,17,18)/b13-7+. The fraction of sp³-hybridized carbons (Fsp3) is 0.167. The van der Waals surface area contributed by atoms with Crippen LogP contribution in [0.1, 0.15) is 12.5 Å². The molecular formula is C12H13N5O2. The van der Waals surface area contributed by atoms with Crippen molar-refractivity contribution in [3.05, 3.63) is 46.5 Å². The SMILES string of the molecule is CCOc1cccc(/C=N/Nc2cn[nH]c(=O)n2)c1. The maximum Gasteiger partial charge on any atom is 0.363 e. The molecule has 7 nitrogen and oxygen atoms in total. The van der Waals surface area contributed by atoms with Crippen molar-refractivity contribution in [3.63, 3.8) is 0 Å². The van der Waals surface area contributed by atoms with E-state index in [1.165, 1.54) is 6.20 Å². The van der Waals surface area contributed by atoms with Gasteiger partial charge in [0.1, 0.15) is 5.75 Å². The van der Waals surface area contributed by atoms with Gasteiger partial charge in [-0.15, -0.1) is 0 Å². The van der Waals surface area contributed by atoms with Gasteiger partial charge in [0, 0.05) is 0 Å². The average molecular weight is 259 g/mol. The molecule has 98 valence electrons. The summed E-state index contributed by atoms with van der Waals surface area (Å²) in [6.07, 6.45) is 2.97. The lowest BCUT2D eigenvalue weighted by molar-refractivity contribution is 0.340. The Labute approximate surface area is 109 Å². The highest BCUT2D eigenvalue weighted by Gasteiger charge is 1.94. The number of nitrogens with zero attached hydrogens (tertiary/aromatic N) is 3. The minimum Gasteiger partial charge on any atom is -0.494 e. The van der Waals surface area contributed by atoms with Crippen molar-refractivity contribution in [3.8, 4) is 5.75 Å². The number of hydrogen-bond donors (Lipinski definition) is 2. The van der Waals surface area contributed by atoms with E-state index in [1.54, 1.807) is 6.21 Å². The highest BCUT2D eigenvalue weighted by molar-refractivity contribution is 5.80. The van der Waals surface area contributed by atoms with Gasteiger partial charge in [0.15, 0.2) is 5.82 Å². The number of aromatic amines is 1. The van der Waals surface area contributed by atoms with E-state index in [-0.39, 0.29) is 5.82 Å². The van der Waals surface area contributed by atoms with Crippen molar-refractivity contribution in [2.75, 3.05) is 12.0 Å². The largest absolute Gasteiger partial charge is 0.494 e. The fourth-order valence-electron chi connectivity index (χ4n) is 1.39. The van der Waals surface area contributed by atoms with Gasteiger partial charge in [0.05, 0.1) is 19.0 Å². The highest BCUT2D eigenvalue weighted by Crippen LogP contribution is 2.11. The smallest absolute Gasteiger partial charge is 0.363 e. The molecule has 0 amide bonds. The summed E-state index contributed by atoms with van der Waals surface area (Å²) < 4.78 is 5.38. The minimum absolute atomic E-state index is 0.279. The van der Waals surface area contributed by atoms with E-state index in [0.29, 0.717) is 6.61 Å². The molecule has 1 heterocycles. The molecule has 2 rings (SSSR count). The number of rotatable bonds is 5. The number of aromatic nitrogens is 3. The molecule has 0 aliphatic carbocycles. The first-order valence-corrected chi connectivity index (χ1v) is 5.71. The first kappa shape index (κ1) is 12.7. The van der Waals surface area contributed by atoms with Crippen LogP contribution in [-0.2, 0) is 0 Å². The maximum absolute atomic E-state index is 10.9. The number of H-pyrrole nitrogens is 1. The van der Waals surface area contributed by atoms with E-state index >= 15 is 0 Å². The van der Waals surface area contributed by atoms with Crippen LogP contribution in [0.2, 0.25) is 0 Å². The van der Waals surface area contributed by atoms with Crippen molar-refractivity contribution in [2.24, 2.45) is 5.10 Å². The molecule has 0 saturated carbocycles. The summed E-state index contributed by atoms with van der Waals surface area (Å²) in [6.45, 7) is 2.54. The molecule has 0 saturated heterocycles. The van der Waals surface area contributed by atoms with E-state index < -0.39 is 5.69 Å². The van der Waals surface area contributed by atoms with E-state index in [2.05, 4.69) is 25.7 Å². The Bertz CT molecular complexity index is 623. The van der Waals surface area contributed by atoms with Gasteiger partial charge in [-0.3, -0.25) is 5.43 Å². The second kappa shape index (κ2) is 6.29. The molecule has 7 heteroatoms.